The normalized spacial score (nSPS) is 11.2. The van der Waals surface area contributed by atoms with Crippen LogP contribution >= 0.6 is 32.1 Å². The minimum absolute atomic E-state index is 0.0812. The van der Waals surface area contributed by atoms with Crippen LogP contribution in [0.5, 0.6) is 0 Å². The van der Waals surface area contributed by atoms with E-state index >= 15 is 0 Å². The fraction of sp³-hybridized carbons (Fsp3) is 0.800. The smallest absolute Gasteiger partial charge is 0.379 e. The van der Waals surface area contributed by atoms with Crippen molar-refractivity contribution < 1.29 is 23.5 Å². The molecule has 0 aromatic carbocycles. The van der Waals surface area contributed by atoms with Gasteiger partial charge in [0.2, 0.25) is 0 Å². The molecule has 0 aliphatic rings. The van der Waals surface area contributed by atoms with E-state index in [2.05, 4.69) is 17.0 Å². The zero-order valence-corrected chi connectivity index (χ0v) is 9.28. The quantitative estimate of drug-likeness (QED) is 0.447. The number of thiocarbonyl (C=S) groups is 1. The summed E-state index contributed by atoms with van der Waals surface area (Å²) >= 11 is 9.76. The Morgan fingerprint density at radius 3 is 2.38 bits per heavy atom. The van der Waals surface area contributed by atoms with Gasteiger partial charge in [0.15, 0.2) is 0 Å². The van der Waals surface area contributed by atoms with Gasteiger partial charge in [-0.25, -0.2) is 4.39 Å². The van der Waals surface area contributed by atoms with Crippen molar-refractivity contribution in [2.24, 2.45) is 0 Å². The van der Waals surface area contributed by atoms with Crippen molar-refractivity contribution in [3.05, 3.63) is 0 Å². The molecule has 0 amide bonds. The third-order valence-electron chi connectivity index (χ3n) is 0.771. The molecular weight excluding hydrogens is 242 g/mol. The van der Waals surface area contributed by atoms with Crippen molar-refractivity contribution in [1.29, 1.82) is 0 Å². The standard InChI is InChI=1S/C5H8ClFOS.HO3P/c1-8-3-5(9)4(7)2-6;1-4(2)3/h4H,2-3H2,1H3;(H-,1,2,3)/p+1. The second-order valence-corrected chi connectivity index (χ2v) is 3.11. The number of ether oxygens (including phenoxy) is 1. The zero-order chi connectivity index (χ0) is 10.9. The van der Waals surface area contributed by atoms with E-state index in [1.165, 1.54) is 7.11 Å². The minimum atomic E-state index is -2.87. The third kappa shape index (κ3) is 15.1. The first-order valence-electron chi connectivity index (χ1n) is 3.02. The summed E-state index contributed by atoms with van der Waals surface area (Å²) in [6.07, 6.45) is -1.21. The maximum absolute atomic E-state index is 12.4. The van der Waals surface area contributed by atoms with E-state index in [0.717, 1.165) is 0 Å². The third-order valence-corrected chi connectivity index (χ3v) is 1.42. The van der Waals surface area contributed by atoms with Crippen LogP contribution in [0.2, 0.25) is 0 Å². The molecule has 0 radical (unpaired) electrons. The van der Waals surface area contributed by atoms with Crippen LogP contribution in [-0.4, -0.2) is 40.4 Å². The van der Waals surface area contributed by atoms with Crippen LogP contribution in [0, 0.1) is 0 Å². The van der Waals surface area contributed by atoms with E-state index in [9.17, 15) is 4.39 Å². The summed E-state index contributed by atoms with van der Waals surface area (Å²) in [6, 6.07) is 0. The lowest BCUT2D eigenvalue weighted by Gasteiger charge is -2.03. The Kier molecular flexibility index (Phi) is 12.6. The maximum Gasteiger partial charge on any atom is 0.692 e. The Labute approximate surface area is 86.6 Å². The van der Waals surface area contributed by atoms with E-state index in [1.54, 1.807) is 0 Å². The van der Waals surface area contributed by atoms with Gasteiger partial charge in [0.05, 0.1) is 17.4 Å². The summed E-state index contributed by atoms with van der Waals surface area (Å²) in [4.78, 5) is 14.5. The van der Waals surface area contributed by atoms with E-state index in [4.69, 9.17) is 26.0 Å². The molecule has 0 aliphatic carbocycles. The fourth-order valence-electron chi connectivity index (χ4n) is 0.319. The van der Waals surface area contributed by atoms with E-state index in [1.807, 2.05) is 0 Å². The summed E-state index contributed by atoms with van der Waals surface area (Å²) in [6.45, 7) is 0.170. The highest BCUT2D eigenvalue weighted by Gasteiger charge is 2.09. The largest absolute Gasteiger partial charge is 0.692 e. The summed E-state index contributed by atoms with van der Waals surface area (Å²) in [5, 5.41) is 0. The molecule has 1 unspecified atom stereocenters. The highest BCUT2D eigenvalue weighted by atomic mass is 35.5. The molecule has 1 atom stereocenters. The Morgan fingerprint density at radius 1 is 1.77 bits per heavy atom. The molecule has 0 saturated heterocycles. The molecule has 13 heavy (non-hydrogen) atoms. The first-order chi connectivity index (χ1) is 5.95. The van der Waals surface area contributed by atoms with Crippen LogP contribution in [0.25, 0.3) is 0 Å². The second kappa shape index (κ2) is 10.4. The Hall–Kier alpha value is 0.290. The average molecular weight is 252 g/mol. The molecule has 0 rings (SSSR count). The lowest BCUT2D eigenvalue weighted by molar-refractivity contribution is 0.240. The van der Waals surface area contributed by atoms with Gasteiger partial charge in [-0.3, -0.25) is 0 Å². The predicted octanol–water partition coefficient (Wildman–Crippen LogP) is 1.21. The molecule has 0 saturated carbocycles. The lowest BCUT2D eigenvalue weighted by atomic mass is 10.3. The van der Waals surface area contributed by atoms with Crippen LogP contribution in [0.4, 0.5) is 4.39 Å². The molecule has 2 N–H and O–H groups in total. The molecular formula is C5H10ClFO4PS+. The molecule has 78 valence electrons. The van der Waals surface area contributed by atoms with Gasteiger partial charge in [-0.05, 0) is 0 Å². The Balaban J connectivity index is 0. The molecule has 8 heteroatoms. The van der Waals surface area contributed by atoms with Crippen molar-refractivity contribution in [1.82, 2.24) is 0 Å². The summed E-state index contributed by atoms with van der Waals surface area (Å²) in [5.74, 6) is -0.0812. The number of alkyl halides is 2. The first-order valence-corrected chi connectivity index (χ1v) is 5.13. The number of hydrogen-bond acceptors (Lipinski definition) is 3. The van der Waals surface area contributed by atoms with E-state index < -0.39 is 14.4 Å². The fourth-order valence-corrected chi connectivity index (χ4v) is 0.798. The SMILES string of the molecule is COCC(=S)C(F)CCl.O=[P+](O)O. The molecule has 4 nitrogen and oxygen atoms in total. The highest BCUT2D eigenvalue weighted by Crippen LogP contribution is 1.98. The number of methoxy groups -OCH3 is 1. The molecule has 0 bridgehead atoms. The van der Waals surface area contributed by atoms with Crippen molar-refractivity contribution in [3.8, 4) is 0 Å². The number of rotatable bonds is 4. The lowest BCUT2D eigenvalue weighted by Crippen LogP contribution is -2.19. The number of hydrogen-bond donors (Lipinski definition) is 2. The Morgan fingerprint density at radius 2 is 2.15 bits per heavy atom. The zero-order valence-electron chi connectivity index (χ0n) is 6.81. The van der Waals surface area contributed by atoms with Crippen molar-refractivity contribution >= 4 is 36.9 Å². The van der Waals surface area contributed by atoms with Crippen LogP contribution in [0.15, 0.2) is 0 Å². The Bertz CT molecular complexity index is 167. The van der Waals surface area contributed by atoms with Crippen LogP contribution in [-0.2, 0) is 9.30 Å². The monoisotopic (exact) mass is 251 g/mol. The minimum Gasteiger partial charge on any atom is -0.379 e. The van der Waals surface area contributed by atoms with Gasteiger partial charge in [0.25, 0.3) is 0 Å². The first kappa shape index (κ1) is 15.7. The second-order valence-electron chi connectivity index (χ2n) is 1.77. The molecule has 0 heterocycles. The molecule has 0 aromatic heterocycles. The van der Waals surface area contributed by atoms with Gasteiger partial charge in [0, 0.05) is 11.7 Å². The summed E-state index contributed by atoms with van der Waals surface area (Å²) in [5.41, 5.74) is 0. The van der Waals surface area contributed by atoms with Crippen molar-refractivity contribution in [3.63, 3.8) is 0 Å². The van der Waals surface area contributed by atoms with Crippen molar-refractivity contribution in [2.75, 3.05) is 19.6 Å². The molecule has 0 fully saturated rings. The number of halogens is 2. The molecule has 0 spiro atoms. The maximum atomic E-state index is 12.4. The highest BCUT2D eigenvalue weighted by molar-refractivity contribution is 7.80. The predicted molar refractivity (Wildman–Crippen MR) is 52.1 cm³/mol. The van der Waals surface area contributed by atoms with Gasteiger partial charge in [-0.1, -0.05) is 12.2 Å². The average Bonchev–Trinajstić information content (AvgIpc) is 2.02. The summed E-state index contributed by atoms with van der Waals surface area (Å²) < 4.78 is 25.6. The van der Waals surface area contributed by atoms with Crippen LogP contribution < -0.4 is 0 Å². The van der Waals surface area contributed by atoms with E-state index in [-0.39, 0.29) is 17.4 Å². The van der Waals surface area contributed by atoms with Gasteiger partial charge in [0.1, 0.15) is 6.17 Å². The topological polar surface area (TPSA) is 66.8 Å². The molecule has 0 aromatic rings. The summed E-state index contributed by atoms with van der Waals surface area (Å²) in [7, 11) is -1.40. The van der Waals surface area contributed by atoms with Gasteiger partial charge < -0.3 is 4.74 Å². The van der Waals surface area contributed by atoms with Gasteiger partial charge in [-0.15, -0.1) is 21.4 Å². The van der Waals surface area contributed by atoms with Gasteiger partial charge in [-0.2, -0.15) is 0 Å². The van der Waals surface area contributed by atoms with Crippen LogP contribution in [0.1, 0.15) is 0 Å². The van der Waals surface area contributed by atoms with Crippen molar-refractivity contribution in [2.45, 2.75) is 6.17 Å². The van der Waals surface area contributed by atoms with E-state index in [0.29, 0.717) is 0 Å². The van der Waals surface area contributed by atoms with Crippen LogP contribution in [0.3, 0.4) is 0 Å². The van der Waals surface area contributed by atoms with Gasteiger partial charge >= 0.3 is 8.25 Å². The molecule has 0 aliphatic heterocycles.